The number of ether oxygens (including phenoxy) is 1. The lowest BCUT2D eigenvalue weighted by Gasteiger charge is -2.62. The number of benzene rings is 3. The van der Waals surface area contributed by atoms with Crippen molar-refractivity contribution in [1.29, 1.82) is 0 Å². The lowest BCUT2D eigenvalue weighted by atomic mass is 9.72. The van der Waals surface area contributed by atoms with Gasteiger partial charge in [-0.2, -0.15) is 0 Å². The number of halogens is 1. The first-order valence-electron chi connectivity index (χ1n) is 19.9. The smallest absolute Gasteiger partial charge is 0.262 e. The number of fused-ring (bicyclic) bond motifs is 3. The fourth-order valence-electron chi connectivity index (χ4n) is 10.5. The molecule has 6 fully saturated rings. The minimum Gasteiger partial charge on any atom is -0.490 e. The summed E-state index contributed by atoms with van der Waals surface area (Å²) in [4.78, 5) is 77.8. The number of imide groups is 2. The molecular formula is C43H42ClN7O6. The Bertz CT molecular complexity index is 2240. The van der Waals surface area contributed by atoms with Gasteiger partial charge >= 0.3 is 0 Å². The highest BCUT2D eigenvalue weighted by molar-refractivity contribution is 6.33. The van der Waals surface area contributed by atoms with E-state index in [-0.39, 0.29) is 42.8 Å². The molecule has 7 aliphatic heterocycles. The second-order valence-electron chi connectivity index (χ2n) is 17.1. The maximum Gasteiger partial charge on any atom is 0.262 e. The Labute approximate surface area is 335 Å². The third kappa shape index (κ3) is 6.21. The van der Waals surface area contributed by atoms with Gasteiger partial charge in [0.1, 0.15) is 17.9 Å². The summed E-state index contributed by atoms with van der Waals surface area (Å²) in [7, 11) is 0. The fourth-order valence-corrected chi connectivity index (χ4v) is 10.7. The van der Waals surface area contributed by atoms with E-state index in [2.05, 4.69) is 41.9 Å². The average molecular weight is 788 g/mol. The van der Waals surface area contributed by atoms with Gasteiger partial charge in [-0.25, -0.2) is 4.85 Å². The number of nitrogens with zero attached hydrogens (tertiary/aromatic N) is 6. The van der Waals surface area contributed by atoms with E-state index in [1.54, 1.807) is 30.3 Å². The lowest BCUT2D eigenvalue weighted by molar-refractivity contribution is -0.136. The third-order valence-corrected chi connectivity index (χ3v) is 13.5. The van der Waals surface area contributed by atoms with Gasteiger partial charge in [-0.05, 0) is 73.9 Å². The van der Waals surface area contributed by atoms with Gasteiger partial charge in [0.25, 0.3) is 17.7 Å². The summed E-state index contributed by atoms with van der Waals surface area (Å²) in [5.41, 5.74) is 4.12. The van der Waals surface area contributed by atoms with Crippen LogP contribution in [0.2, 0.25) is 5.02 Å². The zero-order valence-corrected chi connectivity index (χ0v) is 32.1. The molecule has 0 radical (unpaired) electrons. The molecule has 1 N–H and O–H groups in total. The molecular weight excluding hydrogens is 746 g/mol. The van der Waals surface area contributed by atoms with Gasteiger partial charge in [0.2, 0.25) is 17.5 Å². The number of nitrogens with one attached hydrogen (secondary N) is 1. The van der Waals surface area contributed by atoms with Gasteiger partial charge in [0.15, 0.2) is 0 Å². The predicted molar refractivity (Wildman–Crippen MR) is 211 cm³/mol. The zero-order valence-electron chi connectivity index (χ0n) is 31.4. The van der Waals surface area contributed by atoms with Crippen molar-refractivity contribution < 1.29 is 28.7 Å². The molecule has 0 aromatic heterocycles. The van der Waals surface area contributed by atoms with Gasteiger partial charge in [-0.3, -0.25) is 34.2 Å². The first-order chi connectivity index (χ1) is 27.5. The standard InChI is InChI=1S/C43H42ClN7O6/c1-45-36-11-9-31(17-35(36)44)57-32-14-29-6-7-30(15-32)50(29)40(54)26-2-4-27(5-3-26)49-23-43(24-49)21-47(22-43)18-25-19-48(20-25)28-8-10-33-34(16-28)42(56)51(41(33)55)37-12-13-38(52)46-39(37)53/h2-5,8-11,16-17,25,29-30,32,37H,6-7,12-15,18-24H2,(H,46,52,53). The minimum atomic E-state index is -0.965. The monoisotopic (exact) mass is 787 g/mol. The molecule has 3 unspecified atom stereocenters. The number of hydrogen-bond donors (Lipinski definition) is 1. The second-order valence-corrected chi connectivity index (χ2v) is 17.5. The molecule has 3 aromatic carbocycles. The first-order valence-corrected chi connectivity index (χ1v) is 20.3. The molecule has 7 heterocycles. The molecule has 3 atom stereocenters. The van der Waals surface area contributed by atoms with Crippen molar-refractivity contribution in [1.82, 2.24) is 20.0 Å². The number of likely N-dealkylation sites (tertiary alicyclic amines) is 1. The maximum absolute atomic E-state index is 13.7. The van der Waals surface area contributed by atoms with E-state index in [0.717, 1.165) is 93.3 Å². The summed E-state index contributed by atoms with van der Waals surface area (Å²) < 4.78 is 6.27. The van der Waals surface area contributed by atoms with Crippen LogP contribution < -0.4 is 19.9 Å². The summed E-state index contributed by atoms with van der Waals surface area (Å²) in [5, 5.41) is 2.63. The van der Waals surface area contributed by atoms with E-state index in [1.165, 1.54) is 0 Å². The van der Waals surface area contributed by atoms with Crippen LogP contribution >= 0.6 is 11.6 Å². The topological polar surface area (TPSA) is 127 Å². The van der Waals surface area contributed by atoms with Crippen LogP contribution in [0.15, 0.2) is 60.7 Å². The largest absolute Gasteiger partial charge is 0.490 e. The molecule has 57 heavy (non-hydrogen) atoms. The van der Waals surface area contributed by atoms with E-state index >= 15 is 0 Å². The number of carbonyl (C=O) groups is 5. The highest BCUT2D eigenvalue weighted by Gasteiger charge is 2.52. The van der Waals surface area contributed by atoms with Crippen molar-refractivity contribution in [3.05, 3.63) is 93.8 Å². The first kappa shape index (κ1) is 35.9. The van der Waals surface area contributed by atoms with Gasteiger partial charge in [-0.1, -0.05) is 17.7 Å². The number of anilines is 2. The number of amides is 5. The Balaban J connectivity index is 0.673. The molecule has 2 bridgehead atoms. The highest BCUT2D eigenvalue weighted by Crippen LogP contribution is 2.44. The Kier molecular flexibility index (Phi) is 8.57. The zero-order chi connectivity index (χ0) is 39.2. The molecule has 0 aliphatic carbocycles. The van der Waals surface area contributed by atoms with Crippen LogP contribution in [0.3, 0.4) is 0 Å². The number of rotatable bonds is 8. The average Bonchev–Trinajstić information content (AvgIpc) is 3.56. The van der Waals surface area contributed by atoms with Crippen LogP contribution in [0, 0.1) is 17.9 Å². The summed E-state index contributed by atoms with van der Waals surface area (Å²) >= 11 is 6.23. The van der Waals surface area contributed by atoms with Crippen molar-refractivity contribution >= 4 is 58.2 Å². The number of hydrogen-bond acceptors (Lipinski definition) is 9. The van der Waals surface area contributed by atoms with Crippen LogP contribution in [-0.2, 0) is 9.59 Å². The van der Waals surface area contributed by atoms with Crippen LogP contribution in [0.1, 0.15) is 69.6 Å². The van der Waals surface area contributed by atoms with Crippen LogP contribution in [-0.4, -0.2) is 114 Å². The molecule has 292 valence electrons. The van der Waals surface area contributed by atoms with Gasteiger partial charge in [0, 0.05) is 105 Å². The van der Waals surface area contributed by atoms with E-state index in [1.807, 2.05) is 18.2 Å². The Morgan fingerprint density at radius 2 is 1.54 bits per heavy atom. The Morgan fingerprint density at radius 1 is 0.842 bits per heavy atom. The number of carbonyl (C=O) groups excluding carboxylic acids is 5. The normalized spacial score (nSPS) is 26.5. The SMILES string of the molecule is [C-]#[N+]c1ccc(OC2CC3CCC(C2)N3C(=O)c2ccc(N3CC4(CN(CC5CN(c6ccc7c(c6)C(=O)N(C6CCC(=O)NC6=O)C7=O)C5)C4)C3)cc2)cc1Cl. The fraction of sp³-hybridized carbons (Fsp3) is 0.442. The van der Waals surface area contributed by atoms with Gasteiger partial charge < -0.3 is 24.3 Å². The molecule has 13 nitrogen and oxygen atoms in total. The van der Waals surface area contributed by atoms with Crippen LogP contribution in [0.5, 0.6) is 5.75 Å². The highest BCUT2D eigenvalue weighted by atomic mass is 35.5. The van der Waals surface area contributed by atoms with E-state index in [9.17, 15) is 24.0 Å². The maximum atomic E-state index is 13.7. The van der Waals surface area contributed by atoms with Gasteiger partial charge in [0.05, 0.1) is 22.7 Å². The molecule has 5 amide bonds. The summed E-state index contributed by atoms with van der Waals surface area (Å²) in [6, 6.07) is 18.0. The van der Waals surface area contributed by atoms with Crippen LogP contribution in [0.4, 0.5) is 17.1 Å². The molecule has 1 spiro atoms. The Hall–Kier alpha value is -5.45. The van der Waals surface area contributed by atoms with Crippen LogP contribution in [0.25, 0.3) is 4.85 Å². The van der Waals surface area contributed by atoms with Gasteiger partial charge in [-0.15, -0.1) is 0 Å². The second kappa shape index (κ2) is 13.6. The van der Waals surface area contributed by atoms with Crippen molar-refractivity contribution in [3.63, 3.8) is 0 Å². The predicted octanol–water partition coefficient (Wildman–Crippen LogP) is 4.76. The van der Waals surface area contributed by atoms with E-state index in [0.29, 0.717) is 38.9 Å². The molecule has 3 aromatic rings. The quantitative estimate of drug-likeness (QED) is 0.254. The van der Waals surface area contributed by atoms with E-state index in [4.69, 9.17) is 22.9 Å². The third-order valence-electron chi connectivity index (χ3n) is 13.2. The molecule has 0 saturated carbocycles. The summed E-state index contributed by atoms with van der Waals surface area (Å²) in [5.74, 6) is -0.678. The minimum absolute atomic E-state index is 0.00823. The van der Waals surface area contributed by atoms with Crippen molar-refractivity contribution in [2.24, 2.45) is 11.3 Å². The van der Waals surface area contributed by atoms with Crippen molar-refractivity contribution in [2.75, 3.05) is 55.6 Å². The Morgan fingerprint density at radius 3 is 2.23 bits per heavy atom. The molecule has 14 heteroatoms. The van der Waals surface area contributed by atoms with Crippen molar-refractivity contribution in [2.45, 2.75) is 62.8 Å². The molecule has 7 aliphatic rings. The lowest BCUT2D eigenvalue weighted by Crippen LogP contribution is -2.73. The number of piperidine rings is 2. The summed E-state index contributed by atoms with van der Waals surface area (Å²) in [6.07, 6.45) is 3.76. The van der Waals surface area contributed by atoms with Crippen molar-refractivity contribution in [3.8, 4) is 5.75 Å². The van der Waals surface area contributed by atoms with E-state index < -0.39 is 23.8 Å². The summed E-state index contributed by atoms with van der Waals surface area (Å²) in [6.45, 7) is 14.2. The molecule has 6 saturated heterocycles. The molecule has 10 rings (SSSR count).